The van der Waals surface area contributed by atoms with Crippen molar-refractivity contribution in [2.45, 2.75) is 46.4 Å². The molecule has 0 radical (unpaired) electrons. The number of hydrogen-bond acceptors (Lipinski definition) is 9. The maximum absolute atomic E-state index is 13.3. The number of methoxy groups -OCH3 is 1. The molecule has 2 N–H and O–H groups in total. The van der Waals surface area contributed by atoms with E-state index in [9.17, 15) is 25.3 Å². The van der Waals surface area contributed by atoms with Crippen LogP contribution in [-0.2, 0) is 40.9 Å². The molecule has 192 valence electrons. The fraction of sp³-hybridized carbons (Fsp3) is 0.409. The van der Waals surface area contributed by atoms with Gasteiger partial charge in [0.05, 0.1) is 21.8 Å². The van der Waals surface area contributed by atoms with Gasteiger partial charge in [0.25, 0.3) is 0 Å². The number of sulfone groups is 2. The Balaban J connectivity index is 2.03. The standard InChI is InChI=1S/C22H28N2O8S3/c1-31-22(23)14-32-21-10-6-8-18-19(21)7-4-5-9-20(18)24-35(29,30)17-12-15(33(2,25)26)11-16(13-17)34(3,27)28/h6,8,10-13,20,23-24H,4-5,7,9,14H2,1-3H3. The first kappa shape index (κ1) is 27.1. The van der Waals surface area contributed by atoms with Crippen LogP contribution in [0, 0.1) is 5.41 Å². The van der Waals surface area contributed by atoms with Gasteiger partial charge in [0.2, 0.25) is 15.9 Å². The molecule has 0 spiro atoms. The van der Waals surface area contributed by atoms with E-state index in [0.29, 0.717) is 30.6 Å². The molecule has 1 unspecified atom stereocenters. The normalized spacial score (nSPS) is 16.7. The number of sulfonamides is 1. The molecule has 0 amide bonds. The Morgan fingerprint density at radius 1 is 0.971 bits per heavy atom. The summed E-state index contributed by atoms with van der Waals surface area (Å²) in [7, 11) is -10.7. The largest absolute Gasteiger partial charge is 0.484 e. The van der Waals surface area contributed by atoms with Gasteiger partial charge in [-0.15, -0.1) is 0 Å². The number of ether oxygens (including phenoxy) is 2. The lowest BCUT2D eigenvalue weighted by atomic mass is 9.99. The Morgan fingerprint density at radius 3 is 2.14 bits per heavy atom. The second-order valence-electron chi connectivity index (χ2n) is 8.34. The van der Waals surface area contributed by atoms with Gasteiger partial charge in [0, 0.05) is 18.6 Å². The van der Waals surface area contributed by atoms with Crippen molar-refractivity contribution >= 4 is 35.6 Å². The highest BCUT2D eigenvalue weighted by atomic mass is 32.2. The van der Waals surface area contributed by atoms with E-state index < -0.39 is 50.4 Å². The Morgan fingerprint density at radius 2 is 1.57 bits per heavy atom. The van der Waals surface area contributed by atoms with E-state index >= 15 is 0 Å². The number of hydrogen-bond donors (Lipinski definition) is 2. The summed E-state index contributed by atoms with van der Waals surface area (Å²) in [6, 6.07) is 7.48. The average Bonchev–Trinajstić information content (AvgIpc) is 2.98. The molecule has 1 atom stereocenters. The van der Waals surface area contributed by atoms with Gasteiger partial charge in [-0.2, -0.15) is 0 Å². The number of rotatable bonds is 8. The van der Waals surface area contributed by atoms with E-state index in [1.54, 1.807) is 18.2 Å². The third-order valence-corrected chi connectivity index (χ3v) is 9.27. The third kappa shape index (κ3) is 6.60. The fourth-order valence-corrected chi connectivity index (χ4v) is 6.73. The second-order valence-corrected chi connectivity index (χ2v) is 14.1. The molecular weight excluding hydrogens is 516 g/mol. The smallest absolute Gasteiger partial charge is 0.241 e. The summed E-state index contributed by atoms with van der Waals surface area (Å²) in [5.41, 5.74) is 1.51. The van der Waals surface area contributed by atoms with Crippen molar-refractivity contribution in [3.05, 3.63) is 47.5 Å². The fourth-order valence-electron chi connectivity index (χ4n) is 3.83. The first-order chi connectivity index (χ1) is 16.2. The van der Waals surface area contributed by atoms with Gasteiger partial charge in [0.1, 0.15) is 5.75 Å². The molecule has 13 heteroatoms. The van der Waals surface area contributed by atoms with Crippen LogP contribution in [0.1, 0.15) is 36.4 Å². The summed E-state index contributed by atoms with van der Waals surface area (Å²) in [5, 5.41) is 7.62. The molecule has 0 saturated carbocycles. The van der Waals surface area contributed by atoms with Crippen molar-refractivity contribution in [3.63, 3.8) is 0 Å². The molecular formula is C22H28N2O8S3. The minimum atomic E-state index is -4.30. The van der Waals surface area contributed by atoms with Crippen LogP contribution in [0.3, 0.4) is 0 Å². The van der Waals surface area contributed by atoms with Crippen LogP contribution in [0.15, 0.2) is 51.1 Å². The molecule has 0 saturated heterocycles. The van der Waals surface area contributed by atoms with Crippen LogP contribution in [0.2, 0.25) is 0 Å². The molecule has 2 aromatic rings. The molecule has 0 heterocycles. The van der Waals surface area contributed by atoms with Gasteiger partial charge in [-0.1, -0.05) is 18.6 Å². The lowest BCUT2D eigenvalue weighted by Crippen LogP contribution is -2.29. The zero-order valence-electron chi connectivity index (χ0n) is 19.6. The summed E-state index contributed by atoms with van der Waals surface area (Å²) in [4.78, 5) is -1.26. The van der Waals surface area contributed by atoms with Crippen LogP contribution >= 0.6 is 0 Å². The molecule has 0 aliphatic heterocycles. The van der Waals surface area contributed by atoms with Crippen LogP contribution < -0.4 is 9.46 Å². The van der Waals surface area contributed by atoms with Crippen LogP contribution in [0.5, 0.6) is 5.75 Å². The van der Waals surface area contributed by atoms with E-state index in [1.807, 2.05) is 0 Å². The summed E-state index contributed by atoms with van der Waals surface area (Å²) in [5.74, 6) is 0.467. The first-order valence-corrected chi connectivity index (χ1v) is 15.9. The zero-order chi connectivity index (χ0) is 26.0. The quantitative estimate of drug-likeness (QED) is 0.291. The van der Waals surface area contributed by atoms with Crippen molar-refractivity contribution < 1.29 is 34.7 Å². The van der Waals surface area contributed by atoms with Gasteiger partial charge >= 0.3 is 0 Å². The minimum Gasteiger partial charge on any atom is -0.484 e. The molecule has 10 nitrogen and oxygen atoms in total. The molecule has 1 aliphatic carbocycles. The van der Waals surface area contributed by atoms with Crippen LogP contribution in [0.25, 0.3) is 0 Å². The zero-order valence-corrected chi connectivity index (χ0v) is 22.0. The SMILES string of the molecule is COC(=N)COc1cccc2c1CCCCC2NS(=O)(=O)c1cc(S(C)(=O)=O)cc(S(C)(=O)=O)c1. The number of benzene rings is 2. The van der Waals surface area contributed by atoms with Gasteiger partial charge in [-0.05, 0) is 54.7 Å². The summed E-state index contributed by atoms with van der Waals surface area (Å²) in [6.07, 6.45) is 4.39. The molecule has 35 heavy (non-hydrogen) atoms. The van der Waals surface area contributed by atoms with Crippen LogP contribution in [-0.4, -0.2) is 57.4 Å². The molecule has 0 aromatic heterocycles. The predicted molar refractivity (Wildman–Crippen MR) is 130 cm³/mol. The van der Waals surface area contributed by atoms with Gasteiger partial charge in [-0.25, -0.2) is 30.0 Å². The molecule has 0 bridgehead atoms. The Bertz CT molecular complexity index is 1400. The highest BCUT2D eigenvalue weighted by Gasteiger charge is 2.28. The summed E-state index contributed by atoms with van der Waals surface area (Å²) in [6.45, 7) is -0.0735. The number of nitrogens with one attached hydrogen (secondary N) is 2. The average molecular weight is 545 g/mol. The van der Waals surface area contributed by atoms with E-state index in [2.05, 4.69) is 4.72 Å². The highest BCUT2D eigenvalue weighted by Crippen LogP contribution is 2.35. The maximum Gasteiger partial charge on any atom is 0.241 e. The monoisotopic (exact) mass is 544 g/mol. The lowest BCUT2D eigenvalue weighted by Gasteiger charge is -2.21. The van der Waals surface area contributed by atoms with Crippen molar-refractivity contribution in [2.75, 3.05) is 26.2 Å². The van der Waals surface area contributed by atoms with E-state index in [0.717, 1.165) is 42.7 Å². The van der Waals surface area contributed by atoms with E-state index in [4.69, 9.17) is 14.9 Å². The van der Waals surface area contributed by atoms with E-state index in [-0.39, 0.29) is 12.5 Å². The molecule has 0 fully saturated rings. The topological polar surface area (TPSA) is 157 Å². The molecule has 3 rings (SSSR count). The Labute approximate surface area is 206 Å². The van der Waals surface area contributed by atoms with Crippen molar-refractivity contribution in [3.8, 4) is 5.75 Å². The van der Waals surface area contributed by atoms with Crippen molar-refractivity contribution in [1.29, 1.82) is 5.41 Å². The van der Waals surface area contributed by atoms with Gasteiger partial charge < -0.3 is 9.47 Å². The van der Waals surface area contributed by atoms with Crippen LogP contribution in [0.4, 0.5) is 0 Å². The minimum absolute atomic E-state index is 0.0547. The lowest BCUT2D eigenvalue weighted by molar-refractivity contribution is 0.307. The molecule has 1 aliphatic rings. The summed E-state index contributed by atoms with van der Waals surface area (Å²) >= 11 is 0. The van der Waals surface area contributed by atoms with Crippen molar-refractivity contribution in [2.24, 2.45) is 0 Å². The first-order valence-electron chi connectivity index (χ1n) is 10.7. The molecule has 2 aromatic carbocycles. The maximum atomic E-state index is 13.3. The van der Waals surface area contributed by atoms with Crippen molar-refractivity contribution in [1.82, 2.24) is 4.72 Å². The third-order valence-electron chi connectivity index (χ3n) is 5.64. The Kier molecular flexibility index (Phi) is 7.94. The second kappa shape index (κ2) is 10.2. The van der Waals surface area contributed by atoms with Gasteiger partial charge in [0.15, 0.2) is 26.3 Å². The van der Waals surface area contributed by atoms with Gasteiger partial charge in [-0.3, -0.25) is 5.41 Å². The summed E-state index contributed by atoms with van der Waals surface area (Å²) < 4.78 is 88.3. The Hall–Kier alpha value is -2.48. The highest BCUT2D eigenvalue weighted by molar-refractivity contribution is 7.92. The van der Waals surface area contributed by atoms with E-state index in [1.165, 1.54) is 7.11 Å². The predicted octanol–water partition coefficient (Wildman–Crippen LogP) is 2.24. The number of fused-ring (bicyclic) bond motifs is 1.